The molecule has 1 aliphatic heterocycles. The average Bonchev–Trinajstić information content (AvgIpc) is 3.11. The number of benzene rings is 1. The molecule has 3 aliphatic rings. The van der Waals surface area contributed by atoms with Crippen molar-refractivity contribution >= 4 is 5.69 Å². The molecule has 1 spiro atoms. The van der Waals surface area contributed by atoms with Crippen LogP contribution in [0.4, 0.5) is 5.69 Å². The van der Waals surface area contributed by atoms with Gasteiger partial charge in [0.25, 0.3) is 0 Å². The van der Waals surface area contributed by atoms with Crippen molar-refractivity contribution < 1.29 is 4.74 Å². The van der Waals surface area contributed by atoms with Gasteiger partial charge in [-0.3, -0.25) is 0 Å². The maximum Gasteiger partial charge on any atom is 0.122 e. The number of rotatable bonds is 2. The molecule has 2 fully saturated rings. The van der Waals surface area contributed by atoms with Crippen LogP contribution in [0.5, 0.6) is 5.75 Å². The van der Waals surface area contributed by atoms with E-state index in [1.165, 1.54) is 62.6 Å². The monoisotopic (exact) mass is 271 g/mol. The molecule has 0 amide bonds. The molecule has 2 heteroatoms. The number of hydrogen-bond acceptors (Lipinski definition) is 2. The van der Waals surface area contributed by atoms with E-state index in [0.717, 1.165) is 24.2 Å². The number of ether oxygens (including phenoxy) is 1. The van der Waals surface area contributed by atoms with Gasteiger partial charge in [-0.15, -0.1) is 0 Å². The molecule has 1 aromatic carbocycles. The van der Waals surface area contributed by atoms with Crippen LogP contribution in [0.2, 0.25) is 0 Å². The minimum absolute atomic E-state index is 0.682. The van der Waals surface area contributed by atoms with E-state index in [1.807, 2.05) is 0 Å². The third-order valence-electron chi connectivity index (χ3n) is 5.77. The Morgan fingerprint density at radius 1 is 1.05 bits per heavy atom. The summed E-state index contributed by atoms with van der Waals surface area (Å²) in [6, 6.07) is 7.29. The van der Waals surface area contributed by atoms with Crippen LogP contribution >= 0.6 is 0 Å². The van der Waals surface area contributed by atoms with Crippen molar-refractivity contribution in [3.8, 4) is 5.75 Å². The average molecular weight is 271 g/mol. The zero-order valence-electron chi connectivity index (χ0n) is 12.3. The molecule has 1 N–H and O–H groups in total. The summed E-state index contributed by atoms with van der Waals surface area (Å²) in [7, 11) is 0. The molecule has 1 heterocycles. The minimum atomic E-state index is 0.682. The summed E-state index contributed by atoms with van der Waals surface area (Å²) in [5.74, 6) is 1.09. The van der Waals surface area contributed by atoms with Crippen molar-refractivity contribution in [1.29, 1.82) is 0 Å². The first-order chi connectivity index (χ1) is 9.83. The van der Waals surface area contributed by atoms with E-state index < -0.39 is 0 Å². The topological polar surface area (TPSA) is 21.3 Å². The Labute approximate surface area is 121 Å². The fourth-order valence-electron chi connectivity index (χ4n) is 4.51. The second-order valence-corrected chi connectivity index (χ2v) is 7.05. The van der Waals surface area contributed by atoms with E-state index in [0.29, 0.717) is 6.04 Å². The maximum atomic E-state index is 5.58. The van der Waals surface area contributed by atoms with Crippen molar-refractivity contribution in [2.24, 2.45) is 5.41 Å². The van der Waals surface area contributed by atoms with Gasteiger partial charge in [0.15, 0.2) is 0 Å². The summed E-state index contributed by atoms with van der Waals surface area (Å²) in [5.41, 5.74) is 3.41. The van der Waals surface area contributed by atoms with Gasteiger partial charge in [-0.2, -0.15) is 0 Å². The van der Waals surface area contributed by atoms with E-state index in [4.69, 9.17) is 4.74 Å². The standard InChI is InChI=1S/C18H25NO/c1-2-9-18(8-1)10-5-15(6-11-18)19-16-3-4-17-14(13-16)7-12-20-17/h3-4,13,15,19H,1-2,5-12H2. The van der Waals surface area contributed by atoms with Gasteiger partial charge in [-0.05, 0) is 67.7 Å². The fourth-order valence-corrected chi connectivity index (χ4v) is 4.51. The SMILES string of the molecule is c1cc2c(cc1NC1CCC3(CCCC3)CC1)CCO2. The first-order valence-electron chi connectivity index (χ1n) is 8.35. The lowest BCUT2D eigenvalue weighted by molar-refractivity contribution is 0.188. The number of hydrogen-bond donors (Lipinski definition) is 1. The molecule has 2 saturated carbocycles. The lowest BCUT2D eigenvalue weighted by Crippen LogP contribution is -2.31. The van der Waals surface area contributed by atoms with E-state index in [1.54, 1.807) is 0 Å². The summed E-state index contributed by atoms with van der Waals surface area (Å²) in [6.45, 7) is 0.852. The van der Waals surface area contributed by atoms with Crippen LogP contribution in [0, 0.1) is 5.41 Å². The number of nitrogens with one attached hydrogen (secondary N) is 1. The third-order valence-corrected chi connectivity index (χ3v) is 5.77. The fraction of sp³-hybridized carbons (Fsp3) is 0.667. The van der Waals surface area contributed by atoms with Crippen LogP contribution in [0.1, 0.15) is 56.9 Å². The van der Waals surface area contributed by atoms with Gasteiger partial charge < -0.3 is 10.1 Å². The highest BCUT2D eigenvalue weighted by Gasteiger charge is 2.37. The molecule has 0 saturated heterocycles. The Hall–Kier alpha value is -1.18. The number of anilines is 1. The van der Waals surface area contributed by atoms with Gasteiger partial charge in [0, 0.05) is 18.2 Å². The molecule has 1 aromatic rings. The highest BCUT2D eigenvalue weighted by Crippen LogP contribution is 2.49. The van der Waals surface area contributed by atoms with Crippen LogP contribution in [0.15, 0.2) is 18.2 Å². The Morgan fingerprint density at radius 3 is 2.65 bits per heavy atom. The lowest BCUT2D eigenvalue weighted by Gasteiger charge is -2.38. The zero-order valence-corrected chi connectivity index (χ0v) is 12.3. The van der Waals surface area contributed by atoms with Crippen LogP contribution in [0.3, 0.4) is 0 Å². The Bertz CT molecular complexity index is 480. The first-order valence-corrected chi connectivity index (χ1v) is 8.35. The Morgan fingerprint density at radius 2 is 1.85 bits per heavy atom. The van der Waals surface area contributed by atoms with Crippen LogP contribution < -0.4 is 10.1 Å². The van der Waals surface area contributed by atoms with Crippen LogP contribution in [0.25, 0.3) is 0 Å². The maximum absolute atomic E-state index is 5.58. The number of fused-ring (bicyclic) bond motifs is 1. The highest BCUT2D eigenvalue weighted by atomic mass is 16.5. The molecule has 0 unspecified atom stereocenters. The van der Waals surface area contributed by atoms with Gasteiger partial charge in [0.05, 0.1) is 6.61 Å². The second-order valence-electron chi connectivity index (χ2n) is 7.05. The normalized spacial score (nSPS) is 24.6. The highest BCUT2D eigenvalue weighted by molar-refractivity contribution is 5.53. The summed E-state index contributed by atoms with van der Waals surface area (Å²) in [5, 5.41) is 3.76. The Balaban J connectivity index is 1.38. The third kappa shape index (κ3) is 2.30. The molecule has 2 aliphatic carbocycles. The molecular weight excluding hydrogens is 246 g/mol. The molecular formula is C18H25NO. The predicted octanol–water partition coefficient (Wildman–Crippen LogP) is 4.54. The first kappa shape index (κ1) is 12.6. The molecule has 4 rings (SSSR count). The summed E-state index contributed by atoms with van der Waals surface area (Å²) in [4.78, 5) is 0. The van der Waals surface area contributed by atoms with Gasteiger partial charge in [0.2, 0.25) is 0 Å². The van der Waals surface area contributed by atoms with E-state index in [2.05, 4.69) is 23.5 Å². The molecule has 2 nitrogen and oxygen atoms in total. The van der Waals surface area contributed by atoms with Gasteiger partial charge in [0.1, 0.15) is 5.75 Å². The van der Waals surface area contributed by atoms with Crippen molar-refractivity contribution in [2.45, 2.75) is 63.8 Å². The molecule has 20 heavy (non-hydrogen) atoms. The van der Waals surface area contributed by atoms with Gasteiger partial charge in [-0.25, -0.2) is 0 Å². The van der Waals surface area contributed by atoms with E-state index >= 15 is 0 Å². The molecule has 0 atom stereocenters. The van der Waals surface area contributed by atoms with Gasteiger partial charge in [-0.1, -0.05) is 12.8 Å². The summed E-state index contributed by atoms with van der Waals surface area (Å²) >= 11 is 0. The molecule has 0 aromatic heterocycles. The smallest absolute Gasteiger partial charge is 0.122 e. The van der Waals surface area contributed by atoms with Crippen molar-refractivity contribution in [3.05, 3.63) is 23.8 Å². The van der Waals surface area contributed by atoms with E-state index in [-0.39, 0.29) is 0 Å². The Kier molecular flexibility index (Phi) is 3.13. The minimum Gasteiger partial charge on any atom is -0.493 e. The zero-order chi connectivity index (χ0) is 13.4. The summed E-state index contributed by atoms with van der Waals surface area (Å²) in [6.07, 6.45) is 12.6. The molecule has 108 valence electrons. The van der Waals surface area contributed by atoms with Crippen LogP contribution in [-0.4, -0.2) is 12.6 Å². The van der Waals surface area contributed by atoms with Crippen LogP contribution in [-0.2, 0) is 6.42 Å². The largest absolute Gasteiger partial charge is 0.493 e. The van der Waals surface area contributed by atoms with E-state index in [9.17, 15) is 0 Å². The van der Waals surface area contributed by atoms with Crippen molar-refractivity contribution in [1.82, 2.24) is 0 Å². The second kappa shape index (κ2) is 4.98. The molecule has 0 bridgehead atoms. The lowest BCUT2D eigenvalue weighted by atomic mass is 9.71. The van der Waals surface area contributed by atoms with Crippen molar-refractivity contribution in [2.75, 3.05) is 11.9 Å². The predicted molar refractivity (Wildman–Crippen MR) is 82.4 cm³/mol. The summed E-state index contributed by atoms with van der Waals surface area (Å²) < 4.78 is 5.58. The van der Waals surface area contributed by atoms with Gasteiger partial charge >= 0.3 is 0 Å². The quantitative estimate of drug-likeness (QED) is 0.853. The van der Waals surface area contributed by atoms with Crippen molar-refractivity contribution in [3.63, 3.8) is 0 Å². The molecule has 0 radical (unpaired) electrons.